The third-order valence-corrected chi connectivity index (χ3v) is 3.65. The molecular weight excluding hydrogens is 361 g/mol. The molecule has 0 aliphatic rings. The molecule has 104 valence electrons. The van der Waals surface area contributed by atoms with Crippen LogP contribution < -0.4 is 5.32 Å². The maximum absolute atomic E-state index is 11.9. The lowest BCUT2D eigenvalue weighted by molar-refractivity contribution is -0.384. The van der Waals surface area contributed by atoms with Crippen LogP contribution >= 0.6 is 22.6 Å². The highest BCUT2D eigenvalue weighted by Gasteiger charge is 2.17. The van der Waals surface area contributed by atoms with E-state index in [1.165, 1.54) is 12.1 Å². The van der Waals surface area contributed by atoms with Gasteiger partial charge in [0.25, 0.3) is 5.69 Å². The Balaban J connectivity index is 2.83. The highest BCUT2D eigenvalue weighted by molar-refractivity contribution is 14.1. The summed E-state index contributed by atoms with van der Waals surface area (Å²) in [5.74, 6) is -0.0170. The fraction of sp³-hybridized carbons (Fsp3) is 0.417. The van der Waals surface area contributed by atoms with Gasteiger partial charge < -0.3 is 10.2 Å². The van der Waals surface area contributed by atoms with Crippen LogP contribution in [0.4, 0.5) is 11.4 Å². The molecule has 0 radical (unpaired) electrons. The number of benzene rings is 1. The van der Waals surface area contributed by atoms with Crippen LogP contribution in [0.1, 0.15) is 13.8 Å². The van der Waals surface area contributed by atoms with Crippen molar-refractivity contribution in [1.29, 1.82) is 0 Å². The van der Waals surface area contributed by atoms with Crippen molar-refractivity contribution < 1.29 is 9.72 Å². The van der Waals surface area contributed by atoms with E-state index in [0.717, 1.165) is 5.69 Å². The van der Waals surface area contributed by atoms with Crippen LogP contribution in [0.15, 0.2) is 18.2 Å². The Hall–Kier alpha value is -1.38. The van der Waals surface area contributed by atoms with E-state index in [4.69, 9.17) is 0 Å². The Morgan fingerprint density at radius 3 is 2.68 bits per heavy atom. The van der Waals surface area contributed by atoms with Crippen molar-refractivity contribution in [2.75, 3.05) is 18.9 Å². The molecule has 0 spiro atoms. The van der Waals surface area contributed by atoms with E-state index in [9.17, 15) is 14.9 Å². The molecule has 1 atom stereocenters. The first-order valence-electron chi connectivity index (χ1n) is 5.82. The average Bonchev–Trinajstić information content (AvgIpc) is 2.38. The van der Waals surface area contributed by atoms with Gasteiger partial charge in [-0.1, -0.05) is 0 Å². The minimum atomic E-state index is -0.439. The van der Waals surface area contributed by atoms with Crippen LogP contribution in [-0.2, 0) is 4.79 Å². The highest BCUT2D eigenvalue weighted by atomic mass is 127. The number of amides is 1. The van der Waals surface area contributed by atoms with Gasteiger partial charge in [0, 0.05) is 35.0 Å². The lowest BCUT2D eigenvalue weighted by atomic mass is 10.2. The number of carbonyl (C=O) groups is 1. The number of carbonyl (C=O) groups excluding carboxylic acids is 1. The van der Waals surface area contributed by atoms with Crippen molar-refractivity contribution >= 4 is 39.9 Å². The third-order valence-electron chi connectivity index (χ3n) is 2.76. The summed E-state index contributed by atoms with van der Waals surface area (Å²) in [6.07, 6.45) is 0. The molecule has 1 unspecified atom stereocenters. The van der Waals surface area contributed by atoms with Gasteiger partial charge >= 0.3 is 0 Å². The van der Waals surface area contributed by atoms with Gasteiger partial charge in [0.2, 0.25) is 5.91 Å². The molecule has 0 aliphatic carbocycles. The maximum atomic E-state index is 11.9. The fourth-order valence-corrected chi connectivity index (χ4v) is 2.17. The first kappa shape index (κ1) is 15.7. The van der Waals surface area contributed by atoms with Gasteiger partial charge in [-0.3, -0.25) is 14.9 Å². The number of nitrogens with one attached hydrogen (secondary N) is 1. The predicted molar refractivity (Wildman–Crippen MR) is 82.2 cm³/mol. The van der Waals surface area contributed by atoms with E-state index in [1.807, 2.05) is 29.5 Å². The Morgan fingerprint density at radius 1 is 1.58 bits per heavy atom. The lowest BCUT2D eigenvalue weighted by Gasteiger charge is -2.21. The number of anilines is 1. The summed E-state index contributed by atoms with van der Waals surface area (Å²) in [4.78, 5) is 23.7. The van der Waals surface area contributed by atoms with E-state index in [1.54, 1.807) is 24.9 Å². The van der Waals surface area contributed by atoms with Crippen molar-refractivity contribution in [3.8, 4) is 0 Å². The smallest absolute Gasteiger partial charge is 0.270 e. The Morgan fingerprint density at radius 2 is 2.21 bits per heavy atom. The molecule has 0 aliphatic heterocycles. The normalized spacial score (nSPS) is 11.8. The van der Waals surface area contributed by atoms with Crippen molar-refractivity contribution in [1.82, 2.24) is 4.90 Å². The van der Waals surface area contributed by atoms with Gasteiger partial charge in [-0.05, 0) is 42.5 Å². The molecular formula is C12H16IN3O3. The second kappa shape index (κ2) is 6.69. The van der Waals surface area contributed by atoms with Crippen molar-refractivity contribution in [2.45, 2.75) is 19.9 Å². The van der Waals surface area contributed by atoms with E-state index in [0.29, 0.717) is 10.1 Å². The quantitative estimate of drug-likeness (QED) is 0.486. The summed E-state index contributed by atoms with van der Waals surface area (Å²) in [5, 5.41) is 13.7. The van der Waals surface area contributed by atoms with Crippen molar-refractivity contribution in [3.63, 3.8) is 0 Å². The number of halogens is 1. The molecule has 7 heteroatoms. The molecule has 0 heterocycles. The molecule has 6 nitrogen and oxygen atoms in total. The number of likely N-dealkylation sites (N-methyl/N-ethyl adjacent to an activating group) is 1. The number of hydrogen-bond donors (Lipinski definition) is 1. The summed E-state index contributed by atoms with van der Waals surface area (Å²) >= 11 is 2.01. The van der Waals surface area contributed by atoms with Crippen LogP contribution in [-0.4, -0.2) is 35.4 Å². The molecule has 0 fully saturated rings. The first-order valence-corrected chi connectivity index (χ1v) is 6.90. The third kappa shape index (κ3) is 4.05. The van der Waals surface area contributed by atoms with Gasteiger partial charge in [-0.25, -0.2) is 0 Å². The SMILES string of the molecule is CCN(C)C(=O)C(C)Nc1ccc([N+](=O)[O-])cc1I. The number of non-ortho nitro benzene ring substituents is 1. The minimum Gasteiger partial charge on any atom is -0.373 e. The minimum absolute atomic E-state index is 0.0170. The molecule has 1 amide bonds. The standard InChI is InChI=1S/C12H16IN3O3/c1-4-15(3)12(17)8(2)14-11-6-5-9(16(18)19)7-10(11)13/h5-8,14H,4H2,1-3H3. The molecule has 0 saturated heterocycles. The second-order valence-electron chi connectivity index (χ2n) is 4.14. The summed E-state index contributed by atoms with van der Waals surface area (Å²) < 4.78 is 0.714. The predicted octanol–water partition coefficient (Wildman–Crippen LogP) is 2.48. The van der Waals surface area contributed by atoms with Gasteiger partial charge in [0.15, 0.2) is 0 Å². The summed E-state index contributed by atoms with van der Waals surface area (Å²) in [7, 11) is 1.74. The van der Waals surface area contributed by atoms with Gasteiger partial charge in [0.1, 0.15) is 6.04 Å². The molecule has 1 rings (SSSR count). The van der Waals surface area contributed by atoms with Crippen LogP contribution in [0.3, 0.4) is 0 Å². The van der Waals surface area contributed by atoms with Crippen LogP contribution in [0.2, 0.25) is 0 Å². The van der Waals surface area contributed by atoms with Crippen LogP contribution in [0.25, 0.3) is 0 Å². The first-order chi connectivity index (χ1) is 8.86. The zero-order chi connectivity index (χ0) is 14.6. The Kier molecular flexibility index (Phi) is 5.52. The van der Waals surface area contributed by atoms with Gasteiger partial charge in [0.05, 0.1) is 4.92 Å². The number of nitrogens with zero attached hydrogens (tertiary/aromatic N) is 2. The van der Waals surface area contributed by atoms with Gasteiger partial charge in [-0.15, -0.1) is 0 Å². The van der Waals surface area contributed by atoms with E-state index < -0.39 is 4.92 Å². The van der Waals surface area contributed by atoms with E-state index in [-0.39, 0.29) is 17.6 Å². The fourth-order valence-electron chi connectivity index (χ4n) is 1.52. The van der Waals surface area contributed by atoms with Crippen LogP contribution in [0.5, 0.6) is 0 Å². The van der Waals surface area contributed by atoms with Crippen LogP contribution in [0, 0.1) is 13.7 Å². The maximum Gasteiger partial charge on any atom is 0.270 e. The monoisotopic (exact) mass is 377 g/mol. The summed E-state index contributed by atoms with van der Waals surface area (Å²) in [6, 6.07) is 4.14. The number of nitro benzene ring substituents is 1. The average molecular weight is 377 g/mol. The molecule has 19 heavy (non-hydrogen) atoms. The number of hydrogen-bond acceptors (Lipinski definition) is 4. The topological polar surface area (TPSA) is 75.5 Å². The number of nitro groups is 1. The Labute approximate surface area is 125 Å². The van der Waals surface area contributed by atoms with E-state index in [2.05, 4.69) is 5.32 Å². The van der Waals surface area contributed by atoms with Crippen molar-refractivity contribution in [2.24, 2.45) is 0 Å². The number of rotatable bonds is 5. The molecule has 0 saturated carbocycles. The summed E-state index contributed by atoms with van der Waals surface area (Å²) in [6.45, 7) is 4.31. The zero-order valence-electron chi connectivity index (χ0n) is 11.0. The molecule has 1 aromatic rings. The lowest BCUT2D eigenvalue weighted by Crippen LogP contribution is -2.38. The molecule has 0 bridgehead atoms. The largest absolute Gasteiger partial charge is 0.373 e. The summed E-state index contributed by atoms with van der Waals surface area (Å²) in [5.41, 5.74) is 0.760. The van der Waals surface area contributed by atoms with E-state index >= 15 is 0 Å². The van der Waals surface area contributed by atoms with Crippen molar-refractivity contribution in [3.05, 3.63) is 31.9 Å². The highest BCUT2D eigenvalue weighted by Crippen LogP contribution is 2.24. The second-order valence-corrected chi connectivity index (χ2v) is 5.30. The van der Waals surface area contributed by atoms with Gasteiger partial charge in [-0.2, -0.15) is 0 Å². The Bertz CT molecular complexity index is 493. The molecule has 1 aromatic carbocycles. The molecule has 1 N–H and O–H groups in total. The molecule has 0 aromatic heterocycles. The zero-order valence-corrected chi connectivity index (χ0v) is 13.2.